The molecule has 0 aliphatic rings. The Bertz CT molecular complexity index is 946. The topological polar surface area (TPSA) is 81.2 Å². The van der Waals surface area contributed by atoms with Crippen LogP contribution in [-0.2, 0) is 9.53 Å². The number of benzene rings is 1. The zero-order valence-corrected chi connectivity index (χ0v) is 16.5. The number of esters is 1. The van der Waals surface area contributed by atoms with E-state index in [1.807, 2.05) is 12.1 Å². The lowest BCUT2D eigenvalue weighted by molar-refractivity contribution is -0.113. The van der Waals surface area contributed by atoms with Crippen molar-refractivity contribution < 1.29 is 14.3 Å². The smallest absolute Gasteiger partial charge is 0.341 e. The number of nitrogens with zero attached hydrogens (tertiary/aromatic N) is 2. The highest BCUT2D eigenvalue weighted by molar-refractivity contribution is 7.99. The van der Waals surface area contributed by atoms with Crippen LogP contribution >= 0.6 is 34.7 Å². The van der Waals surface area contributed by atoms with E-state index in [0.717, 1.165) is 5.56 Å². The molecule has 1 N–H and O–H groups in total. The maximum atomic E-state index is 12.3. The van der Waals surface area contributed by atoms with E-state index in [-0.39, 0.29) is 11.7 Å². The van der Waals surface area contributed by atoms with Gasteiger partial charge in [-0.2, -0.15) is 0 Å². The second kappa shape index (κ2) is 8.98. The molecule has 2 heterocycles. The van der Waals surface area contributed by atoms with Crippen LogP contribution in [0.1, 0.15) is 10.4 Å². The van der Waals surface area contributed by atoms with Gasteiger partial charge in [-0.3, -0.25) is 4.79 Å². The predicted octanol–water partition coefficient (Wildman–Crippen LogP) is 4.38. The molecule has 0 unspecified atom stereocenters. The standard InChI is InChI=1S/C18H14ClN3O3S2/c1-25-17(24)15-13(11-3-5-12(19)6-4-11)9-26-16(15)22-14(23)10-27-18-20-7-2-8-21-18/h2-9H,10H2,1H3,(H,22,23). The van der Waals surface area contributed by atoms with Crippen LogP contribution in [0.5, 0.6) is 0 Å². The largest absolute Gasteiger partial charge is 0.465 e. The van der Waals surface area contributed by atoms with Gasteiger partial charge in [0.2, 0.25) is 5.91 Å². The second-order valence-corrected chi connectivity index (χ2v) is 7.48. The molecule has 6 nitrogen and oxygen atoms in total. The molecule has 0 saturated carbocycles. The summed E-state index contributed by atoms with van der Waals surface area (Å²) in [4.78, 5) is 32.7. The Balaban J connectivity index is 1.79. The first-order valence-electron chi connectivity index (χ1n) is 7.74. The van der Waals surface area contributed by atoms with Gasteiger partial charge in [0.1, 0.15) is 10.6 Å². The Kier molecular flexibility index (Phi) is 6.44. The minimum Gasteiger partial charge on any atom is -0.465 e. The van der Waals surface area contributed by atoms with E-state index in [1.54, 1.807) is 36.0 Å². The van der Waals surface area contributed by atoms with E-state index in [4.69, 9.17) is 16.3 Å². The fourth-order valence-corrected chi connectivity index (χ4v) is 3.95. The summed E-state index contributed by atoms with van der Waals surface area (Å²) >= 11 is 8.40. The van der Waals surface area contributed by atoms with Crippen LogP contribution in [-0.4, -0.2) is 34.7 Å². The normalized spacial score (nSPS) is 10.4. The molecule has 27 heavy (non-hydrogen) atoms. The maximum Gasteiger partial charge on any atom is 0.341 e. The van der Waals surface area contributed by atoms with Crippen molar-refractivity contribution in [3.63, 3.8) is 0 Å². The number of carbonyl (C=O) groups is 2. The Morgan fingerprint density at radius 3 is 2.59 bits per heavy atom. The van der Waals surface area contributed by atoms with Crippen LogP contribution in [0.4, 0.5) is 5.00 Å². The highest BCUT2D eigenvalue weighted by Crippen LogP contribution is 2.36. The average Bonchev–Trinajstić information content (AvgIpc) is 3.10. The first-order valence-corrected chi connectivity index (χ1v) is 9.98. The molecule has 138 valence electrons. The van der Waals surface area contributed by atoms with Crippen LogP contribution in [0.2, 0.25) is 5.02 Å². The van der Waals surface area contributed by atoms with Gasteiger partial charge in [0, 0.05) is 28.4 Å². The van der Waals surface area contributed by atoms with Gasteiger partial charge in [-0.1, -0.05) is 35.5 Å². The number of carbonyl (C=O) groups excluding carboxylic acids is 2. The number of amides is 1. The van der Waals surface area contributed by atoms with E-state index in [2.05, 4.69) is 15.3 Å². The van der Waals surface area contributed by atoms with Crippen molar-refractivity contribution in [1.82, 2.24) is 9.97 Å². The van der Waals surface area contributed by atoms with Crippen molar-refractivity contribution in [2.75, 3.05) is 18.2 Å². The summed E-state index contributed by atoms with van der Waals surface area (Å²) in [5.41, 5.74) is 1.81. The predicted molar refractivity (Wildman–Crippen MR) is 107 cm³/mol. The summed E-state index contributed by atoms with van der Waals surface area (Å²) in [5.74, 6) is -0.656. The minimum absolute atomic E-state index is 0.124. The van der Waals surface area contributed by atoms with Crippen molar-refractivity contribution in [1.29, 1.82) is 0 Å². The first-order chi connectivity index (χ1) is 13.1. The Hall–Kier alpha value is -2.42. The Labute approximate surface area is 168 Å². The molecule has 0 atom stereocenters. The van der Waals surface area contributed by atoms with Gasteiger partial charge in [0.05, 0.1) is 12.9 Å². The molecule has 3 rings (SSSR count). The number of ether oxygens (including phenoxy) is 1. The van der Waals surface area contributed by atoms with Gasteiger partial charge < -0.3 is 10.1 Å². The molecule has 0 aliphatic heterocycles. The van der Waals surface area contributed by atoms with E-state index in [1.165, 1.54) is 30.2 Å². The molecule has 0 aliphatic carbocycles. The molecule has 0 bridgehead atoms. The van der Waals surface area contributed by atoms with Crippen LogP contribution in [0.15, 0.2) is 53.3 Å². The summed E-state index contributed by atoms with van der Waals surface area (Å²) in [6.07, 6.45) is 3.22. The third-order valence-electron chi connectivity index (χ3n) is 3.46. The molecule has 1 aromatic carbocycles. The Morgan fingerprint density at radius 2 is 1.93 bits per heavy atom. The summed E-state index contributed by atoms with van der Waals surface area (Å²) < 4.78 is 4.90. The summed E-state index contributed by atoms with van der Waals surface area (Å²) in [6.45, 7) is 0. The van der Waals surface area contributed by atoms with Crippen molar-refractivity contribution in [2.45, 2.75) is 5.16 Å². The van der Waals surface area contributed by atoms with Gasteiger partial charge in [0.25, 0.3) is 0 Å². The number of nitrogens with one attached hydrogen (secondary N) is 1. The van der Waals surface area contributed by atoms with Crippen LogP contribution in [0.25, 0.3) is 11.1 Å². The lowest BCUT2D eigenvalue weighted by Crippen LogP contribution is -2.16. The number of thioether (sulfide) groups is 1. The molecule has 0 spiro atoms. The van der Waals surface area contributed by atoms with Crippen molar-refractivity contribution in [3.8, 4) is 11.1 Å². The van der Waals surface area contributed by atoms with Gasteiger partial charge in [0.15, 0.2) is 5.16 Å². The summed E-state index contributed by atoms with van der Waals surface area (Å²) in [7, 11) is 1.31. The number of anilines is 1. The van der Waals surface area contributed by atoms with Crippen LogP contribution in [0.3, 0.4) is 0 Å². The third kappa shape index (κ3) is 4.85. The number of rotatable bonds is 6. The highest BCUT2D eigenvalue weighted by Gasteiger charge is 2.22. The molecule has 0 radical (unpaired) electrons. The zero-order chi connectivity index (χ0) is 19.2. The van der Waals surface area contributed by atoms with Gasteiger partial charge in [-0.25, -0.2) is 14.8 Å². The lowest BCUT2D eigenvalue weighted by Gasteiger charge is -2.07. The SMILES string of the molecule is COC(=O)c1c(-c2ccc(Cl)cc2)csc1NC(=O)CSc1ncccn1. The van der Waals surface area contributed by atoms with Crippen molar-refractivity contribution >= 4 is 51.6 Å². The quantitative estimate of drug-likeness (QED) is 0.363. The summed E-state index contributed by atoms with van der Waals surface area (Å²) in [6, 6.07) is 8.81. The number of methoxy groups -OCH3 is 1. The van der Waals surface area contributed by atoms with E-state index >= 15 is 0 Å². The molecular weight excluding hydrogens is 406 g/mol. The number of thiophene rings is 1. The molecular formula is C18H14ClN3O3S2. The van der Waals surface area contributed by atoms with Crippen LogP contribution < -0.4 is 5.32 Å². The minimum atomic E-state index is -0.518. The Morgan fingerprint density at radius 1 is 1.22 bits per heavy atom. The van der Waals surface area contributed by atoms with Gasteiger partial charge in [-0.15, -0.1) is 11.3 Å². The first kappa shape index (κ1) is 19.3. The number of hydrogen-bond donors (Lipinski definition) is 1. The van der Waals surface area contributed by atoms with Crippen LogP contribution in [0, 0.1) is 0 Å². The molecule has 0 saturated heterocycles. The molecule has 0 fully saturated rings. The number of halogens is 1. The average molecular weight is 420 g/mol. The lowest BCUT2D eigenvalue weighted by atomic mass is 10.0. The van der Waals surface area contributed by atoms with Gasteiger partial charge >= 0.3 is 5.97 Å². The van der Waals surface area contributed by atoms with E-state index in [0.29, 0.717) is 26.3 Å². The summed E-state index contributed by atoms with van der Waals surface area (Å²) in [5, 5.41) is 6.12. The second-order valence-electron chi connectivity index (χ2n) is 5.22. The fourth-order valence-electron chi connectivity index (χ4n) is 2.25. The molecule has 3 aromatic rings. The van der Waals surface area contributed by atoms with E-state index in [9.17, 15) is 9.59 Å². The third-order valence-corrected chi connectivity index (χ3v) is 5.49. The van der Waals surface area contributed by atoms with Crippen molar-refractivity contribution in [3.05, 3.63) is 58.7 Å². The van der Waals surface area contributed by atoms with Gasteiger partial charge in [-0.05, 0) is 23.8 Å². The number of aromatic nitrogens is 2. The molecule has 1 amide bonds. The number of hydrogen-bond acceptors (Lipinski definition) is 7. The monoisotopic (exact) mass is 419 g/mol. The zero-order valence-electron chi connectivity index (χ0n) is 14.1. The molecule has 9 heteroatoms. The fraction of sp³-hybridized carbons (Fsp3) is 0.111. The van der Waals surface area contributed by atoms with Crippen molar-refractivity contribution in [2.24, 2.45) is 0 Å². The maximum absolute atomic E-state index is 12.3. The molecule has 2 aromatic heterocycles. The highest BCUT2D eigenvalue weighted by atomic mass is 35.5. The van der Waals surface area contributed by atoms with E-state index < -0.39 is 5.97 Å².